The molecule has 0 amide bonds. The van der Waals surface area contributed by atoms with Gasteiger partial charge in [-0.15, -0.1) is 0 Å². The van der Waals surface area contributed by atoms with Gasteiger partial charge < -0.3 is 5.11 Å². The minimum absolute atomic E-state index is 0.0657. The normalized spacial score (nSPS) is 11.6. The summed E-state index contributed by atoms with van der Waals surface area (Å²) in [7, 11) is 0. The van der Waals surface area contributed by atoms with Gasteiger partial charge in [0.05, 0.1) is 5.57 Å². The van der Waals surface area contributed by atoms with Crippen molar-refractivity contribution >= 4 is 12.2 Å². The van der Waals surface area contributed by atoms with Crippen molar-refractivity contribution in [3.8, 4) is 0 Å². The first kappa shape index (κ1) is 11.6. The summed E-state index contributed by atoms with van der Waals surface area (Å²) < 4.78 is 0. The summed E-state index contributed by atoms with van der Waals surface area (Å²) in [5.74, 6) is -0.485. The minimum atomic E-state index is -1.01. The lowest BCUT2D eigenvalue weighted by Gasteiger charge is -1.94. The molecule has 0 aliphatic carbocycles. The molecule has 0 aliphatic rings. The standard InChI is InChI=1S/C10H15NO2/c1-8(2)7-11-6-4-5-9(3)10(12)13/h4-6,8H,3,7H2,1-2H3,(H,12,13)/b5-4-,11-6?. The number of hydrogen-bond acceptors (Lipinski definition) is 2. The third kappa shape index (κ3) is 7.00. The molecule has 0 aliphatic heterocycles. The van der Waals surface area contributed by atoms with Crippen molar-refractivity contribution in [2.45, 2.75) is 13.8 Å². The molecule has 13 heavy (non-hydrogen) atoms. The van der Waals surface area contributed by atoms with Gasteiger partial charge in [0, 0.05) is 12.8 Å². The lowest BCUT2D eigenvalue weighted by molar-refractivity contribution is -0.132. The number of allylic oxidation sites excluding steroid dienone is 1. The second kappa shape index (κ2) is 6.17. The highest BCUT2D eigenvalue weighted by molar-refractivity contribution is 5.90. The van der Waals surface area contributed by atoms with Crippen molar-refractivity contribution in [2.75, 3.05) is 6.54 Å². The number of aliphatic imine (C=N–C) groups is 1. The first-order valence-corrected chi connectivity index (χ1v) is 4.12. The fourth-order valence-corrected chi connectivity index (χ4v) is 0.563. The molecular formula is C10H15NO2. The van der Waals surface area contributed by atoms with E-state index in [9.17, 15) is 4.79 Å². The van der Waals surface area contributed by atoms with E-state index in [1.165, 1.54) is 6.08 Å². The molecule has 72 valence electrons. The Bertz CT molecular complexity index is 239. The number of aliphatic carboxylic acids is 1. The van der Waals surface area contributed by atoms with Gasteiger partial charge in [0.1, 0.15) is 0 Å². The van der Waals surface area contributed by atoms with E-state index in [2.05, 4.69) is 25.4 Å². The van der Waals surface area contributed by atoms with Crippen LogP contribution < -0.4 is 0 Å². The van der Waals surface area contributed by atoms with E-state index in [1.54, 1.807) is 12.3 Å². The Kier molecular flexibility index (Phi) is 5.52. The Morgan fingerprint density at radius 1 is 1.62 bits per heavy atom. The van der Waals surface area contributed by atoms with E-state index >= 15 is 0 Å². The summed E-state index contributed by atoms with van der Waals surface area (Å²) in [4.78, 5) is 14.3. The fraction of sp³-hybridized carbons (Fsp3) is 0.400. The Hall–Kier alpha value is -1.38. The third-order valence-corrected chi connectivity index (χ3v) is 1.23. The van der Waals surface area contributed by atoms with Crippen LogP contribution in [0.2, 0.25) is 0 Å². The number of hydrogen-bond donors (Lipinski definition) is 1. The maximum atomic E-state index is 10.3. The predicted octanol–water partition coefficient (Wildman–Crippen LogP) is 1.91. The van der Waals surface area contributed by atoms with Crippen LogP contribution in [0.25, 0.3) is 0 Å². The molecule has 0 heterocycles. The first-order chi connectivity index (χ1) is 6.04. The van der Waals surface area contributed by atoms with Crippen molar-refractivity contribution in [1.29, 1.82) is 0 Å². The summed E-state index contributed by atoms with van der Waals surface area (Å²) in [6, 6.07) is 0. The van der Waals surface area contributed by atoms with Crippen LogP contribution >= 0.6 is 0 Å². The second-order valence-corrected chi connectivity index (χ2v) is 3.10. The van der Waals surface area contributed by atoms with Gasteiger partial charge in [-0.05, 0) is 18.1 Å². The number of carboxylic acid groups (broad SMARTS) is 1. The molecule has 0 rings (SSSR count). The molecule has 0 bridgehead atoms. The number of rotatable bonds is 5. The summed E-state index contributed by atoms with van der Waals surface area (Å²) in [5, 5.41) is 8.43. The molecule has 0 fully saturated rings. The van der Waals surface area contributed by atoms with Crippen LogP contribution in [0.3, 0.4) is 0 Å². The van der Waals surface area contributed by atoms with Crippen LogP contribution in [0.1, 0.15) is 13.8 Å². The molecule has 0 aromatic rings. The van der Waals surface area contributed by atoms with Gasteiger partial charge in [-0.2, -0.15) is 0 Å². The van der Waals surface area contributed by atoms with Crippen LogP contribution in [-0.4, -0.2) is 23.8 Å². The van der Waals surface area contributed by atoms with Gasteiger partial charge in [0.15, 0.2) is 0 Å². The van der Waals surface area contributed by atoms with Gasteiger partial charge in [-0.3, -0.25) is 4.99 Å². The monoisotopic (exact) mass is 181 g/mol. The van der Waals surface area contributed by atoms with Gasteiger partial charge in [0.2, 0.25) is 0 Å². The van der Waals surface area contributed by atoms with Gasteiger partial charge in [-0.1, -0.05) is 20.4 Å². The third-order valence-electron chi connectivity index (χ3n) is 1.23. The maximum absolute atomic E-state index is 10.3. The van der Waals surface area contributed by atoms with Crippen molar-refractivity contribution in [3.05, 3.63) is 24.3 Å². The summed E-state index contributed by atoms with van der Waals surface area (Å²) >= 11 is 0. The zero-order valence-corrected chi connectivity index (χ0v) is 8.03. The number of carbonyl (C=O) groups is 1. The lowest BCUT2D eigenvalue weighted by atomic mass is 10.2. The highest BCUT2D eigenvalue weighted by Gasteiger charge is 1.95. The molecule has 0 spiro atoms. The van der Waals surface area contributed by atoms with E-state index in [0.29, 0.717) is 5.92 Å². The van der Waals surface area contributed by atoms with E-state index in [4.69, 9.17) is 5.11 Å². The zero-order chi connectivity index (χ0) is 10.3. The Morgan fingerprint density at radius 2 is 2.23 bits per heavy atom. The van der Waals surface area contributed by atoms with Crippen LogP contribution in [-0.2, 0) is 4.79 Å². The summed E-state index contributed by atoms with van der Waals surface area (Å²) in [5.41, 5.74) is 0.0657. The van der Waals surface area contributed by atoms with Crippen LogP contribution in [0.15, 0.2) is 29.3 Å². The molecule has 0 saturated heterocycles. The number of carboxylic acids is 1. The van der Waals surface area contributed by atoms with Crippen LogP contribution in [0.4, 0.5) is 0 Å². The predicted molar refractivity (Wildman–Crippen MR) is 54.1 cm³/mol. The van der Waals surface area contributed by atoms with E-state index < -0.39 is 5.97 Å². The van der Waals surface area contributed by atoms with Gasteiger partial charge in [0.25, 0.3) is 0 Å². The average Bonchev–Trinajstić information content (AvgIpc) is 2.02. The second-order valence-electron chi connectivity index (χ2n) is 3.10. The average molecular weight is 181 g/mol. The quantitative estimate of drug-likeness (QED) is 0.400. The van der Waals surface area contributed by atoms with Crippen molar-refractivity contribution in [1.82, 2.24) is 0 Å². The zero-order valence-electron chi connectivity index (χ0n) is 8.03. The highest BCUT2D eigenvalue weighted by Crippen LogP contribution is 1.92. The molecule has 0 aromatic heterocycles. The Balaban J connectivity index is 3.81. The highest BCUT2D eigenvalue weighted by atomic mass is 16.4. The van der Waals surface area contributed by atoms with Crippen LogP contribution in [0, 0.1) is 5.92 Å². The van der Waals surface area contributed by atoms with E-state index in [-0.39, 0.29) is 5.57 Å². The van der Waals surface area contributed by atoms with E-state index in [0.717, 1.165) is 6.54 Å². The van der Waals surface area contributed by atoms with Crippen molar-refractivity contribution in [3.63, 3.8) is 0 Å². The maximum Gasteiger partial charge on any atom is 0.335 e. The Labute approximate surface area is 78.5 Å². The summed E-state index contributed by atoms with van der Waals surface area (Å²) in [6.45, 7) is 8.23. The smallest absolute Gasteiger partial charge is 0.335 e. The van der Waals surface area contributed by atoms with Crippen LogP contribution in [0.5, 0.6) is 0 Å². The molecule has 0 aromatic carbocycles. The van der Waals surface area contributed by atoms with Crippen molar-refractivity contribution in [2.24, 2.45) is 10.9 Å². The molecule has 0 saturated carbocycles. The molecule has 0 unspecified atom stereocenters. The molecule has 3 heteroatoms. The topological polar surface area (TPSA) is 49.7 Å². The Morgan fingerprint density at radius 3 is 2.69 bits per heavy atom. The van der Waals surface area contributed by atoms with E-state index in [1.807, 2.05) is 0 Å². The molecule has 0 atom stereocenters. The molecule has 1 N–H and O–H groups in total. The molecular weight excluding hydrogens is 166 g/mol. The fourth-order valence-electron chi connectivity index (χ4n) is 0.563. The minimum Gasteiger partial charge on any atom is -0.478 e. The SMILES string of the molecule is C=C(/C=C\C=NCC(C)C)C(=O)O. The number of nitrogens with zero attached hydrogens (tertiary/aromatic N) is 1. The van der Waals surface area contributed by atoms with Gasteiger partial charge >= 0.3 is 5.97 Å². The summed E-state index contributed by atoms with van der Waals surface area (Å²) in [6.07, 6.45) is 4.60. The van der Waals surface area contributed by atoms with Gasteiger partial charge in [-0.25, -0.2) is 4.79 Å². The van der Waals surface area contributed by atoms with Crippen molar-refractivity contribution < 1.29 is 9.90 Å². The first-order valence-electron chi connectivity index (χ1n) is 4.12. The molecule has 3 nitrogen and oxygen atoms in total. The largest absolute Gasteiger partial charge is 0.478 e. The molecule has 0 radical (unpaired) electrons. The lowest BCUT2D eigenvalue weighted by Crippen LogP contribution is -1.95.